The zero-order chi connectivity index (χ0) is 35.2. The molecular formula is C41H47O5PS. The lowest BCUT2D eigenvalue weighted by Gasteiger charge is -2.28. The van der Waals surface area contributed by atoms with Gasteiger partial charge in [-0.25, -0.2) is 8.42 Å². The third-order valence-electron chi connectivity index (χ3n) is 8.23. The Morgan fingerprint density at radius 2 is 1.02 bits per heavy atom. The standard InChI is InChI=1S/C27H26OP.C14H22O4S/c1-2-28-24-20-18-23(19-21-24)22-29(25-12-6-3-7-13-25,26-14-8-4-9-15-26)27-16-10-5-11-17-27;1-13(2,3)10-7-9(19(16,17)18)8-11(12(10)15)14(4,5)6/h3-21H,2,22H2,1H3;7-8,15H,1-6H3,(H,16,17,18)/q+1;/p-1. The quantitative estimate of drug-likeness (QED) is 0.131. The molecule has 5 aromatic carbocycles. The van der Waals surface area contributed by atoms with Crippen molar-refractivity contribution in [3.63, 3.8) is 0 Å². The molecule has 7 heteroatoms. The highest BCUT2D eigenvalue weighted by Gasteiger charge is 2.45. The van der Waals surface area contributed by atoms with Crippen molar-refractivity contribution in [2.45, 2.75) is 70.4 Å². The SMILES string of the molecule is CC(C)(C)c1cc(S(=O)(=O)[O-])cc(C(C)(C)C)c1O.CCOc1ccc(C[P+](c2ccccc2)(c2ccccc2)c2ccccc2)cc1. The molecule has 0 fully saturated rings. The average Bonchev–Trinajstić information content (AvgIpc) is 3.04. The van der Waals surface area contributed by atoms with Gasteiger partial charge in [-0.05, 0) is 84.0 Å². The maximum Gasteiger partial charge on any atom is 0.124 e. The summed E-state index contributed by atoms with van der Waals surface area (Å²) in [5.41, 5.74) is 1.36. The molecule has 48 heavy (non-hydrogen) atoms. The van der Waals surface area contributed by atoms with Crippen LogP contribution < -0.4 is 20.7 Å². The summed E-state index contributed by atoms with van der Waals surface area (Å²) in [5.74, 6) is 0.992. The Kier molecular flexibility index (Phi) is 11.6. The molecule has 0 spiro atoms. The van der Waals surface area contributed by atoms with E-state index >= 15 is 0 Å². The average molecular weight is 683 g/mol. The second-order valence-electron chi connectivity index (χ2n) is 13.9. The highest BCUT2D eigenvalue weighted by molar-refractivity contribution is 7.95. The van der Waals surface area contributed by atoms with Crippen LogP contribution in [0.2, 0.25) is 0 Å². The summed E-state index contributed by atoms with van der Waals surface area (Å²) >= 11 is 0. The van der Waals surface area contributed by atoms with Crippen LogP contribution in [0.15, 0.2) is 132 Å². The molecule has 0 bridgehead atoms. The van der Waals surface area contributed by atoms with Gasteiger partial charge in [-0.3, -0.25) is 0 Å². The molecule has 0 radical (unpaired) electrons. The smallest absolute Gasteiger partial charge is 0.124 e. The van der Waals surface area contributed by atoms with Gasteiger partial charge in [0.1, 0.15) is 44.8 Å². The van der Waals surface area contributed by atoms with Gasteiger partial charge in [-0.1, -0.05) is 108 Å². The fourth-order valence-corrected chi connectivity index (χ4v) is 10.6. The lowest BCUT2D eigenvalue weighted by molar-refractivity contribution is 0.340. The van der Waals surface area contributed by atoms with E-state index in [0.29, 0.717) is 17.7 Å². The van der Waals surface area contributed by atoms with Crippen LogP contribution in [0.25, 0.3) is 0 Å². The number of hydrogen-bond donors (Lipinski definition) is 1. The largest absolute Gasteiger partial charge is 0.744 e. The van der Waals surface area contributed by atoms with E-state index in [2.05, 4.69) is 115 Å². The van der Waals surface area contributed by atoms with Crippen LogP contribution in [0.1, 0.15) is 65.2 Å². The van der Waals surface area contributed by atoms with E-state index in [1.54, 1.807) is 0 Å². The lowest BCUT2D eigenvalue weighted by atomic mass is 9.79. The van der Waals surface area contributed by atoms with Gasteiger partial charge in [-0.15, -0.1) is 0 Å². The monoisotopic (exact) mass is 682 g/mol. The zero-order valence-electron chi connectivity index (χ0n) is 29.0. The number of hydrogen-bond acceptors (Lipinski definition) is 5. The highest BCUT2D eigenvalue weighted by atomic mass is 32.2. The van der Waals surface area contributed by atoms with E-state index in [4.69, 9.17) is 4.74 Å². The molecular weight excluding hydrogens is 635 g/mol. The lowest BCUT2D eigenvalue weighted by Crippen LogP contribution is -2.32. The van der Waals surface area contributed by atoms with Gasteiger partial charge >= 0.3 is 0 Å². The number of rotatable bonds is 8. The molecule has 0 heterocycles. The summed E-state index contributed by atoms with van der Waals surface area (Å²) in [6.45, 7) is 13.8. The van der Waals surface area contributed by atoms with Gasteiger partial charge < -0.3 is 14.4 Å². The molecule has 5 nitrogen and oxygen atoms in total. The van der Waals surface area contributed by atoms with Crippen LogP contribution in [-0.2, 0) is 27.1 Å². The van der Waals surface area contributed by atoms with Gasteiger partial charge in [-0.2, -0.15) is 0 Å². The first-order valence-electron chi connectivity index (χ1n) is 16.2. The topological polar surface area (TPSA) is 86.7 Å². The molecule has 0 atom stereocenters. The molecule has 0 aliphatic rings. The van der Waals surface area contributed by atoms with Gasteiger partial charge in [0.15, 0.2) is 0 Å². The molecule has 1 N–H and O–H groups in total. The summed E-state index contributed by atoms with van der Waals surface area (Å²) in [6, 6.07) is 44.2. The number of ether oxygens (including phenoxy) is 1. The summed E-state index contributed by atoms with van der Waals surface area (Å²) in [4.78, 5) is -0.292. The van der Waals surface area contributed by atoms with Crippen LogP contribution >= 0.6 is 7.26 Å². The molecule has 0 amide bonds. The molecule has 0 aromatic heterocycles. The second kappa shape index (κ2) is 15.1. The minimum atomic E-state index is -4.55. The molecule has 5 rings (SSSR count). The fourth-order valence-electron chi connectivity index (χ4n) is 5.80. The van der Waals surface area contributed by atoms with Gasteiger partial charge in [0.25, 0.3) is 0 Å². The Hall–Kier alpha value is -3.96. The molecule has 0 aliphatic heterocycles. The third-order valence-corrected chi connectivity index (χ3v) is 13.4. The van der Waals surface area contributed by atoms with Crippen molar-refractivity contribution >= 4 is 33.3 Å². The Morgan fingerprint density at radius 1 is 0.646 bits per heavy atom. The molecule has 0 aliphatic carbocycles. The van der Waals surface area contributed by atoms with Crippen LogP contribution in [-0.4, -0.2) is 24.7 Å². The summed E-state index contributed by atoms with van der Waals surface area (Å²) in [6.07, 6.45) is 0.984. The van der Waals surface area contributed by atoms with Crippen molar-refractivity contribution in [1.29, 1.82) is 0 Å². The number of phenols is 1. The first-order valence-corrected chi connectivity index (χ1v) is 19.6. The predicted molar refractivity (Wildman–Crippen MR) is 200 cm³/mol. The van der Waals surface area contributed by atoms with E-state index in [0.717, 1.165) is 11.9 Å². The highest BCUT2D eigenvalue weighted by Crippen LogP contribution is 2.58. The summed E-state index contributed by atoms with van der Waals surface area (Å²) in [5, 5.41) is 14.6. The Balaban J connectivity index is 0.000000239. The van der Waals surface area contributed by atoms with E-state index < -0.39 is 28.2 Å². The van der Waals surface area contributed by atoms with Crippen molar-refractivity contribution in [2.75, 3.05) is 6.61 Å². The van der Waals surface area contributed by atoms with E-state index in [1.807, 2.05) is 48.5 Å². The minimum Gasteiger partial charge on any atom is -0.744 e. The van der Waals surface area contributed by atoms with E-state index in [1.165, 1.54) is 33.6 Å². The molecule has 0 saturated heterocycles. The van der Waals surface area contributed by atoms with Gasteiger partial charge in [0.05, 0.1) is 17.7 Å². The van der Waals surface area contributed by atoms with Crippen molar-refractivity contribution in [3.05, 3.63) is 144 Å². The normalized spacial score (nSPS) is 12.2. The van der Waals surface area contributed by atoms with Crippen LogP contribution in [0.4, 0.5) is 0 Å². The summed E-state index contributed by atoms with van der Waals surface area (Å²) in [7, 11) is -6.39. The van der Waals surface area contributed by atoms with Crippen molar-refractivity contribution in [1.82, 2.24) is 0 Å². The number of benzene rings is 5. The fraction of sp³-hybridized carbons (Fsp3) is 0.268. The molecule has 252 valence electrons. The summed E-state index contributed by atoms with van der Waals surface area (Å²) < 4.78 is 39.4. The molecule has 5 aromatic rings. The Bertz CT molecular complexity index is 1750. The first-order chi connectivity index (χ1) is 22.6. The number of phenolic OH excluding ortho intramolecular Hbond substituents is 1. The van der Waals surface area contributed by atoms with Gasteiger partial charge in [0, 0.05) is 11.1 Å². The van der Waals surface area contributed by atoms with Crippen LogP contribution in [0, 0.1) is 0 Å². The van der Waals surface area contributed by atoms with Crippen LogP contribution in [0.3, 0.4) is 0 Å². The third kappa shape index (κ3) is 8.73. The Labute approximate surface area is 287 Å². The predicted octanol–water partition coefficient (Wildman–Crippen LogP) is 8.47. The number of aromatic hydroxyl groups is 1. The zero-order valence-corrected chi connectivity index (χ0v) is 30.7. The van der Waals surface area contributed by atoms with Crippen molar-refractivity contribution in [2.24, 2.45) is 0 Å². The first kappa shape index (κ1) is 36.9. The van der Waals surface area contributed by atoms with E-state index in [9.17, 15) is 18.1 Å². The van der Waals surface area contributed by atoms with Crippen molar-refractivity contribution in [3.8, 4) is 11.5 Å². The Morgan fingerprint density at radius 3 is 1.33 bits per heavy atom. The maximum atomic E-state index is 11.3. The van der Waals surface area contributed by atoms with Crippen LogP contribution in [0.5, 0.6) is 11.5 Å². The molecule has 0 unspecified atom stereocenters. The second-order valence-corrected chi connectivity index (χ2v) is 18.7. The molecule has 0 saturated carbocycles. The maximum absolute atomic E-state index is 11.3. The minimum absolute atomic E-state index is 0.0624. The van der Waals surface area contributed by atoms with E-state index in [-0.39, 0.29) is 10.6 Å². The van der Waals surface area contributed by atoms with Gasteiger partial charge in [0.2, 0.25) is 0 Å². The van der Waals surface area contributed by atoms with Crippen molar-refractivity contribution < 1.29 is 22.8 Å².